The van der Waals surface area contributed by atoms with Crippen LogP contribution in [0.1, 0.15) is 21.7 Å². The first-order valence-corrected chi connectivity index (χ1v) is 10.5. The Morgan fingerprint density at radius 3 is 2.32 bits per heavy atom. The van der Waals surface area contributed by atoms with Crippen LogP contribution in [0, 0.1) is 13.8 Å². The summed E-state index contributed by atoms with van der Waals surface area (Å²) in [7, 11) is 3.32. The van der Waals surface area contributed by atoms with E-state index in [2.05, 4.69) is 15.3 Å². The second kappa shape index (κ2) is 10.1. The smallest absolute Gasteiger partial charge is 0.259 e. The van der Waals surface area contributed by atoms with Crippen molar-refractivity contribution in [3.8, 4) is 5.75 Å². The molecule has 0 saturated heterocycles. The molecule has 0 aliphatic carbocycles. The fraction of sp³-hybridized carbons (Fsp3) is 0.217. The second-order valence-electron chi connectivity index (χ2n) is 7.12. The highest BCUT2D eigenvalue weighted by atomic mass is 32.2. The molecule has 0 aliphatic heterocycles. The lowest BCUT2D eigenvalue weighted by Gasteiger charge is -2.12. The molecule has 0 radical (unpaired) electrons. The van der Waals surface area contributed by atoms with Gasteiger partial charge in [-0.05, 0) is 74.1 Å². The molecule has 3 aromatic rings. The van der Waals surface area contributed by atoms with Gasteiger partial charge in [0.15, 0.2) is 11.8 Å². The maximum Gasteiger partial charge on any atom is 0.259 e. The van der Waals surface area contributed by atoms with Gasteiger partial charge in [-0.25, -0.2) is 9.97 Å². The van der Waals surface area contributed by atoms with Crippen molar-refractivity contribution in [3.63, 3.8) is 0 Å². The van der Waals surface area contributed by atoms with Crippen LogP contribution in [0.15, 0.2) is 64.6 Å². The van der Waals surface area contributed by atoms with E-state index < -0.39 is 0 Å². The Morgan fingerprint density at radius 2 is 1.68 bits per heavy atom. The molecule has 0 spiro atoms. The molecule has 1 heterocycles. The Morgan fingerprint density at radius 1 is 1.00 bits per heavy atom. The lowest BCUT2D eigenvalue weighted by atomic mass is 10.2. The molecule has 2 aromatic carbocycles. The van der Waals surface area contributed by atoms with Gasteiger partial charge in [-0.2, -0.15) is 0 Å². The molecule has 2 amide bonds. The minimum atomic E-state index is -0.262. The van der Waals surface area contributed by atoms with Crippen molar-refractivity contribution in [2.45, 2.75) is 23.9 Å². The van der Waals surface area contributed by atoms with Gasteiger partial charge >= 0.3 is 0 Å². The first kappa shape index (κ1) is 22.3. The second-order valence-corrected chi connectivity index (χ2v) is 8.16. The van der Waals surface area contributed by atoms with E-state index in [1.54, 1.807) is 38.4 Å². The molecule has 1 N–H and O–H groups in total. The van der Waals surface area contributed by atoms with Crippen LogP contribution < -0.4 is 10.1 Å². The fourth-order valence-corrected chi connectivity index (χ4v) is 3.52. The highest BCUT2D eigenvalue weighted by Crippen LogP contribution is 2.26. The maximum absolute atomic E-state index is 12.6. The van der Waals surface area contributed by atoms with Crippen LogP contribution >= 0.6 is 11.8 Å². The van der Waals surface area contributed by atoms with Crippen LogP contribution in [0.5, 0.6) is 5.75 Å². The van der Waals surface area contributed by atoms with E-state index >= 15 is 0 Å². The largest absolute Gasteiger partial charge is 0.484 e. The van der Waals surface area contributed by atoms with Crippen molar-refractivity contribution in [3.05, 3.63) is 71.5 Å². The number of hydrogen-bond donors (Lipinski definition) is 1. The third-order valence-electron chi connectivity index (χ3n) is 4.24. The van der Waals surface area contributed by atoms with Crippen LogP contribution in [0.3, 0.4) is 0 Å². The fourth-order valence-electron chi connectivity index (χ4n) is 2.66. The Balaban J connectivity index is 1.61. The molecule has 31 heavy (non-hydrogen) atoms. The van der Waals surface area contributed by atoms with Gasteiger partial charge in [0.1, 0.15) is 5.75 Å². The van der Waals surface area contributed by atoms with Crippen molar-refractivity contribution >= 4 is 29.3 Å². The van der Waals surface area contributed by atoms with E-state index in [1.807, 2.05) is 44.2 Å². The quantitative estimate of drug-likeness (QED) is 0.565. The Labute approximate surface area is 185 Å². The predicted molar refractivity (Wildman–Crippen MR) is 121 cm³/mol. The maximum atomic E-state index is 12.6. The lowest BCUT2D eigenvalue weighted by molar-refractivity contribution is -0.130. The first-order chi connectivity index (χ1) is 14.8. The highest BCUT2D eigenvalue weighted by Gasteiger charge is 2.10. The zero-order chi connectivity index (χ0) is 22.4. The van der Waals surface area contributed by atoms with E-state index in [0.717, 1.165) is 16.3 Å². The molecule has 0 unspecified atom stereocenters. The minimum Gasteiger partial charge on any atom is -0.484 e. The molecule has 160 valence electrons. The number of anilines is 1. The Bertz CT molecular complexity index is 1060. The van der Waals surface area contributed by atoms with E-state index in [4.69, 9.17) is 4.74 Å². The monoisotopic (exact) mass is 436 g/mol. The number of nitrogens with one attached hydrogen (secondary N) is 1. The molecule has 0 saturated carbocycles. The van der Waals surface area contributed by atoms with Crippen LogP contribution in [0.25, 0.3) is 0 Å². The number of hydrogen-bond acceptors (Lipinski definition) is 6. The van der Waals surface area contributed by atoms with Gasteiger partial charge in [-0.15, -0.1) is 0 Å². The van der Waals surface area contributed by atoms with Crippen molar-refractivity contribution < 1.29 is 14.3 Å². The zero-order valence-electron chi connectivity index (χ0n) is 17.9. The molecule has 0 aliphatic rings. The molecule has 1 aromatic heterocycles. The summed E-state index contributed by atoms with van der Waals surface area (Å²) >= 11 is 1.47. The Hall–Kier alpha value is -3.39. The predicted octanol–water partition coefficient (Wildman–Crippen LogP) is 3.96. The van der Waals surface area contributed by atoms with Gasteiger partial charge in [0.2, 0.25) is 0 Å². The van der Waals surface area contributed by atoms with Gasteiger partial charge in [-0.1, -0.05) is 6.07 Å². The summed E-state index contributed by atoms with van der Waals surface area (Å²) in [5.74, 6) is 0.0458. The topological polar surface area (TPSA) is 84.4 Å². The van der Waals surface area contributed by atoms with Crippen molar-refractivity contribution in [2.24, 2.45) is 0 Å². The number of rotatable bonds is 7. The average molecular weight is 437 g/mol. The van der Waals surface area contributed by atoms with Gasteiger partial charge in [0, 0.05) is 41.6 Å². The van der Waals surface area contributed by atoms with E-state index in [-0.39, 0.29) is 18.4 Å². The number of ether oxygens (including phenoxy) is 1. The van der Waals surface area contributed by atoms with E-state index in [9.17, 15) is 9.59 Å². The summed E-state index contributed by atoms with van der Waals surface area (Å²) in [4.78, 5) is 35.5. The number of likely N-dealkylation sites (N-methyl/N-ethyl adjacent to an activating group) is 1. The number of carbonyl (C=O) groups is 2. The van der Waals surface area contributed by atoms with Gasteiger partial charge in [0.25, 0.3) is 11.8 Å². The lowest BCUT2D eigenvalue weighted by Crippen LogP contribution is -2.27. The number of carbonyl (C=O) groups excluding carboxylic acids is 2. The summed E-state index contributed by atoms with van der Waals surface area (Å²) in [5.41, 5.74) is 2.97. The molecule has 0 bridgehead atoms. The highest BCUT2D eigenvalue weighted by molar-refractivity contribution is 7.99. The molecule has 7 nitrogen and oxygen atoms in total. The minimum absolute atomic E-state index is 0.0820. The molecule has 0 atom stereocenters. The third kappa shape index (κ3) is 6.55. The SMILES string of the molecule is Cc1cc(C)nc(Sc2ccc(NC(=O)c3cccc(OCC(=O)N(C)C)c3)cc2)n1. The van der Waals surface area contributed by atoms with Gasteiger partial charge < -0.3 is 15.0 Å². The van der Waals surface area contributed by atoms with Gasteiger partial charge in [-0.3, -0.25) is 9.59 Å². The molecule has 8 heteroatoms. The van der Waals surface area contributed by atoms with E-state index in [0.29, 0.717) is 22.2 Å². The van der Waals surface area contributed by atoms with E-state index in [1.165, 1.54) is 16.7 Å². The summed E-state index contributed by atoms with van der Waals surface area (Å²) < 4.78 is 5.47. The zero-order valence-corrected chi connectivity index (χ0v) is 18.7. The summed E-state index contributed by atoms with van der Waals surface area (Å²) in [6, 6.07) is 16.1. The van der Waals surface area contributed by atoms with Crippen LogP contribution in [-0.4, -0.2) is 47.4 Å². The van der Waals surface area contributed by atoms with Crippen LogP contribution in [-0.2, 0) is 4.79 Å². The summed E-state index contributed by atoms with van der Waals surface area (Å²) in [6.45, 7) is 3.80. The first-order valence-electron chi connectivity index (χ1n) is 9.65. The van der Waals surface area contributed by atoms with Crippen molar-refractivity contribution in [1.82, 2.24) is 14.9 Å². The van der Waals surface area contributed by atoms with Crippen LogP contribution in [0.4, 0.5) is 5.69 Å². The summed E-state index contributed by atoms with van der Waals surface area (Å²) in [5, 5.41) is 3.56. The molecular formula is C23H24N4O3S. The van der Waals surface area contributed by atoms with Crippen LogP contribution in [0.2, 0.25) is 0 Å². The number of amides is 2. The third-order valence-corrected chi connectivity index (χ3v) is 5.11. The number of aryl methyl sites for hydroxylation is 2. The average Bonchev–Trinajstić information content (AvgIpc) is 2.72. The number of nitrogens with zero attached hydrogens (tertiary/aromatic N) is 3. The Kier molecular flexibility index (Phi) is 7.25. The molecule has 0 fully saturated rings. The normalized spacial score (nSPS) is 10.5. The molecular weight excluding hydrogens is 412 g/mol. The van der Waals surface area contributed by atoms with Crippen molar-refractivity contribution in [2.75, 3.05) is 26.0 Å². The summed E-state index contributed by atoms with van der Waals surface area (Å²) in [6.07, 6.45) is 0. The van der Waals surface area contributed by atoms with Crippen molar-refractivity contribution in [1.29, 1.82) is 0 Å². The standard InChI is InChI=1S/C23H24N4O3S/c1-15-12-16(2)25-23(24-15)31-20-10-8-18(9-11-20)26-22(29)17-6-5-7-19(13-17)30-14-21(28)27(3)4/h5-13H,14H2,1-4H3,(H,26,29). The van der Waals surface area contributed by atoms with Gasteiger partial charge in [0.05, 0.1) is 0 Å². The number of aromatic nitrogens is 2. The number of benzene rings is 2. The molecule has 3 rings (SSSR count).